The molecule has 0 spiro atoms. The predicted octanol–water partition coefficient (Wildman–Crippen LogP) is 6.92. The number of nitrogens with zero attached hydrogens (tertiary/aromatic N) is 1. The van der Waals surface area contributed by atoms with Crippen molar-refractivity contribution in [3.05, 3.63) is 122 Å². The molecule has 0 aromatic heterocycles. The Morgan fingerprint density at radius 1 is 0.930 bits per heavy atom. The maximum absolute atomic E-state index is 13.4. The monoisotopic (exact) mass is 712 g/mol. The van der Waals surface area contributed by atoms with E-state index in [4.69, 9.17) is 25.8 Å². The first-order valence-electron chi connectivity index (χ1n) is 12.9. The first kappa shape index (κ1) is 30.1. The van der Waals surface area contributed by atoms with Crippen LogP contribution in [0.1, 0.15) is 16.7 Å². The maximum Gasteiger partial charge on any atom is 0.335 e. The number of barbiturate groups is 1. The van der Waals surface area contributed by atoms with Crippen LogP contribution in [0.3, 0.4) is 0 Å². The van der Waals surface area contributed by atoms with E-state index in [1.165, 1.54) is 25.3 Å². The molecule has 1 fully saturated rings. The van der Waals surface area contributed by atoms with Crippen molar-refractivity contribution in [2.75, 3.05) is 12.0 Å². The summed E-state index contributed by atoms with van der Waals surface area (Å²) in [5.41, 5.74) is 2.07. The number of carbonyl (C=O) groups is 3. The zero-order chi connectivity index (χ0) is 30.5. The standard InChI is InChI=1S/C32H23ClFIN2O6/c1-41-28-16-20(15-27(35)29(28)43-17-19-6-8-22(34)9-7-19)14-25-30(38)36-32(40)37(31(25)39)23-10-12-24(13-11-23)42-18-21-4-2-3-5-26(21)33/h2-16H,17-18H2,1H3,(H,36,38,40)/b25-14+. The van der Waals surface area contributed by atoms with Crippen LogP contribution in [0, 0.1) is 9.39 Å². The smallest absolute Gasteiger partial charge is 0.335 e. The molecule has 218 valence electrons. The topological polar surface area (TPSA) is 94.2 Å². The lowest BCUT2D eigenvalue weighted by molar-refractivity contribution is -0.122. The average molecular weight is 713 g/mol. The summed E-state index contributed by atoms with van der Waals surface area (Å²) in [6, 6.07) is 22.0. The van der Waals surface area contributed by atoms with E-state index in [-0.39, 0.29) is 30.3 Å². The molecule has 0 unspecified atom stereocenters. The molecule has 4 aromatic rings. The number of nitrogens with one attached hydrogen (secondary N) is 1. The molecule has 1 aliphatic heterocycles. The number of hydrogen-bond donors (Lipinski definition) is 1. The highest BCUT2D eigenvalue weighted by atomic mass is 127. The number of anilines is 1. The summed E-state index contributed by atoms with van der Waals surface area (Å²) in [6.07, 6.45) is 1.38. The van der Waals surface area contributed by atoms with Gasteiger partial charge in [-0.2, -0.15) is 0 Å². The van der Waals surface area contributed by atoms with Gasteiger partial charge in [0.25, 0.3) is 11.8 Å². The largest absolute Gasteiger partial charge is 0.493 e. The summed E-state index contributed by atoms with van der Waals surface area (Å²) < 4.78 is 31.1. The fourth-order valence-corrected chi connectivity index (χ4v) is 5.20. The van der Waals surface area contributed by atoms with Gasteiger partial charge in [-0.05, 0) is 94.4 Å². The first-order chi connectivity index (χ1) is 20.7. The Kier molecular flexibility index (Phi) is 9.27. The van der Waals surface area contributed by atoms with Gasteiger partial charge in [0.05, 0.1) is 16.4 Å². The van der Waals surface area contributed by atoms with Gasteiger partial charge in [0, 0.05) is 10.6 Å². The number of hydrogen-bond acceptors (Lipinski definition) is 6. The van der Waals surface area contributed by atoms with Gasteiger partial charge in [0.15, 0.2) is 11.5 Å². The number of halogens is 3. The highest BCUT2D eigenvalue weighted by molar-refractivity contribution is 14.1. The second-order valence-electron chi connectivity index (χ2n) is 9.28. The molecular formula is C32H23ClFIN2O6. The molecular weight excluding hydrogens is 690 g/mol. The molecule has 4 amide bonds. The van der Waals surface area contributed by atoms with Crippen molar-refractivity contribution in [1.29, 1.82) is 0 Å². The molecule has 5 rings (SSSR count). The lowest BCUT2D eigenvalue weighted by Gasteiger charge is -2.26. The highest BCUT2D eigenvalue weighted by Crippen LogP contribution is 2.36. The van der Waals surface area contributed by atoms with E-state index in [1.807, 2.05) is 18.2 Å². The molecule has 1 aliphatic rings. The Balaban J connectivity index is 1.34. The number of rotatable bonds is 9. The molecule has 0 atom stereocenters. The van der Waals surface area contributed by atoms with Crippen molar-refractivity contribution in [3.8, 4) is 17.2 Å². The van der Waals surface area contributed by atoms with Crippen LogP contribution < -0.4 is 24.4 Å². The van der Waals surface area contributed by atoms with Crippen LogP contribution in [0.5, 0.6) is 17.2 Å². The minimum Gasteiger partial charge on any atom is -0.493 e. The number of urea groups is 1. The Labute approximate surface area is 265 Å². The third-order valence-electron chi connectivity index (χ3n) is 6.41. The van der Waals surface area contributed by atoms with Crippen LogP contribution in [0.25, 0.3) is 6.08 Å². The maximum atomic E-state index is 13.4. The number of amides is 4. The van der Waals surface area contributed by atoms with E-state index in [2.05, 4.69) is 27.9 Å². The minimum atomic E-state index is -0.867. The van der Waals surface area contributed by atoms with Crippen LogP contribution >= 0.6 is 34.2 Å². The molecule has 8 nitrogen and oxygen atoms in total. The van der Waals surface area contributed by atoms with E-state index < -0.39 is 17.8 Å². The molecule has 1 saturated heterocycles. The van der Waals surface area contributed by atoms with Gasteiger partial charge in [-0.25, -0.2) is 14.1 Å². The van der Waals surface area contributed by atoms with Crippen molar-refractivity contribution in [1.82, 2.24) is 5.32 Å². The summed E-state index contributed by atoms with van der Waals surface area (Å²) in [5, 5.41) is 2.80. The van der Waals surface area contributed by atoms with Crippen molar-refractivity contribution >= 4 is 63.8 Å². The van der Waals surface area contributed by atoms with Crippen molar-refractivity contribution in [2.45, 2.75) is 13.2 Å². The molecule has 1 N–H and O–H groups in total. The van der Waals surface area contributed by atoms with E-state index in [1.54, 1.807) is 54.6 Å². The van der Waals surface area contributed by atoms with Crippen molar-refractivity contribution in [3.63, 3.8) is 0 Å². The van der Waals surface area contributed by atoms with Gasteiger partial charge in [0.1, 0.15) is 30.4 Å². The highest BCUT2D eigenvalue weighted by Gasteiger charge is 2.37. The van der Waals surface area contributed by atoms with Gasteiger partial charge in [0.2, 0.25) is 0 Å². The molecule has 0 saturated carbocycles. The third kappa shape index (κ3) is 6.98. The third-order valence-corrected chi connectivity index (χ3v) is 7.58. The molecule has 0 aliphatic carbocycles. The van der Waals surface area contributed by atoms with E-state index >= 15 is 0 Å². The van der Waals surface area contributed by atoms with Gasteiger partial charge in [-0.3, -0.25) is 14.9 Å². The Morgan fingerprint density at radius 3 is 2.35 bits per heavy atom. The average Bonchev–Trinajstić information content (AvgIpc) is 2.99. The van der Waals surface area contributed by atoms with Crippen molar-refractivity contribution in [2.24, 2.45) is 0 Å². The Hall–Kier alpha value is -4.42. The molecule has 43 heavy (non-hydrogen) atoms. The van der Waals surface area contributed by atoms with Gasteiger partial charge < -0.3 is 14.2 Å². The quantitative estimate of drug-likeness (QED) is 0.115. The summed E-state index contributed by atoms with van der Waals surface area (Å²) in [5.74, 6) is -0.637. The van der Waals surface area contributed by atoms with Gasteiger partial charge in [-0.1, -0.05) is 41.9 Å². The molecule has 11 heteroatoms. The summed E-state index contributed by atoms with van der Waals surface area (Å²) in [6.45, 7) is 0.413. The fourth-order valence-electron chi connectivity index (χ4n) is 4.23. The molecule has 0 bridgehead atoms. The Bertz CT molecular complexity index is 1730. The predicted molar refractivity (Wildman–Crippen MR) is 168 cm³/mol. The van der Waals surface area contributed by atoms with Crippen LogP contribution in [-0.2, 0) is 22.8 Å². The van der Waals surface area contributed by atoms with E-state index in [0.29, 0.717) is 31.4 Å². The lowest BCUT2D eigenvalue weighted by atomic mass is 10.1. The van der Waals surface area contributed by atoms with Crippen LogP contribution in [0.2, 0.25) is 5.02 Å². The normalized spacial score (nSPS) is 14.1. The Morgan fingerprint density at radius 2 is 1.65 bits per heavy atom. The molecule has 0 radical (unpaired) electrons. The SMILES string of the molecule is COc1cc(/C=C2\C(=O)NC(=O)N(c3ccc(OCc4ccccc4Cl)cc3)C2=O)cc(I)c1OCc1ccc(F)cc1. The first-order valence-corrected chi connectivity index (χ1v) is 14.3. The second kappa shape index (κ2) is 13.3. The number of ether oxygens (including phenoxy) is 3. The molecule has 4 aromatic carbocycles. The summed E-state index contributed by atoms with van der Waals surface area (Å²) in [7, 11) is 1.47. The summed E-state index contributed by atoms with van der Waals surface area (Å²) >= 11 is 8.24. The second-order valence-corrected chi connectivity index (χ2v) is 10.9. The van der Waals surface area contributed by atoms with Gasteiger partial charge >= 0.3 is 6.03 Å². The fraction of sp³-hybridized carbons (Fsp3) is 0.0938. The zero-order valence-electron chi connectivity index (χ0n) is 22.6. The lowest BCUT2D eigenvalue weighted by Crippen LogP contribution is -2.54. The van der Waals surface area contributed by atoms with Gasteiger partial charge in [-0.15, -0.1) is 0 Å². The molecule has 1 heterocycles. The van der Waals surface area contributed by atoms with Crippen LogP contribution in [0.4, 0.5) is 14.9 Å². The minimum absolute atomic E-state index is 0.175. The van der Waals surface area contributed by atoms with E-state index in [0.717, 1.165) is 16.0 Å². The summed E-state index contributed by atoms with van der Waals surface area (Å²) in [4.78, 5) is 39.7. The van der Waals surface area contributed by atoms with Crippen LogP contribution in [-0.4, -0.2) is 25.0 Å². The van der Waals surface area contributed by atoms with Crippen molar-refractivity contribution < 1.29 is 33.0 Å². The number of benzene rings is 4. The zero-order valence-corrected chi connectivity index (χ0v) is 25.5. The number of carbonyl (C=O) groups excluding carboxylic acids is 3. The van der Waals surface area contributed by atoms with Crippen LogP contribution in [0.15, 0.2) is 90.5 Å². The number of imide groups is 2. The van der Waals surface area contributed by atoms with E-state index in [9.17, 15) is 18.8 Å². The number of methoxy groups -OCH3 is 1.